The lowest BCUT2D eigenvalue weighted by molar-refractivity contribution is 0.0989. The SMILES string of the molecule is COc1cccc(C2CCCN2c2cc(N3CCOCC3C)cc(=O)[nH]2)c1. The van der Waals surface area contributed by atoms with Crippen LogP contribution in [0, 0.1) is 0 Å². The van der Waals surface area contributed by atoms with Gasteiger partial charge in [-0.3, -0.25) is 4.79 Å². The second-order valence-corrected chi connectivity index (χ2v) is 7.33. The topological polar surface area (TPSA) is 57.8 Å². The second-order valence-electron chi connectivity index (χ2n) is 7.33. The van der Waals surface area contributed by atoms with Gasteiger partial charge in [-0.1, -0.05) is 12.1 Å². The molecule has 2 atom stereocenters. The normalized spacial score (nSPS) is 22.9. The van der Waals surface area contributed by atoms with Crippen LogP contribution in [0.15, 0.2) is 41.2 Å². The molecule has 1 aromatic heterocycles. The molecule has 6 heteroatoms. The summed E-state index contributed by atoms with van der Waals surface area (Å²) in [6.07, 6.45) is 2.16. The van der Waals surface area contributed by atoms with E-state index in [1.807, 2.05) is 12.1 Å². The standard InChI is InChI=1S/C21H27N3O3/c1-15-14-27-10-9-23(15)17-12-20(22-21(25)13-17)24-8-4-7-19(24)16-5-3-6-18(11-16)26-2/h3,5-6,11-13,15,19H,4,7-10,14H2,1-2H3,(H,22,25). The van der Waals surface area contributed by atoms with E-state index in [1.54, 1.807) is 13.2 Å². The van der Waals surface area contributed by atoms with Crippen LogP contribution in [0.5, 0.6) is 5.75 Å². The van der Waals surface area contributed by atoms with Gasteiger partial charge in [-0.05, 0) is 37.5 Å². The number of aromatic amines is 1. The summed E-state index contributed by atoms with van der Waals surface area (Å²) in [6, 6.07) is 12.5. The zero-order valence-electron chi connectivity index (χ0n) is 16.0. The molecule has 0 saturated carbocycles. The highest BCUT2D eigenvalue weighted by Gasteiger charge is 2.28. The van der Waals surface area contributed by atoms with E-state index >= 15 is 0 Å². The number of ether oxygens (including phenoxy) is 2. The van der Waals surface area contributed by atoms with E-state index in [1.165, 1.54) is 5.56 Å². The van der Waals surface area contributed by atoms with Gasteiger partial charge in [0.25, 0.3) is 5.56 Å². The summed E-state index contributed by atoms with van der Waals surface area (Å²) in [7, 11) is 1.69. The average Bonchev–Trinajstić information content (AvgIpc) is 3.18. The molecule has 0 amide bonds. The maximum absolute atomic E-state index is 12.4. The summed E-state index contributed by atoms with van der Waals surface area (Å²) in [5.74, 6) is 1.75. The molecule has 27 heavy (non-hydrogen) atoms. The van der Waals surface area contributed by atoms with E-state index in [4.69, 9.17) is 9.47 Å². The molecule has 2 unspecified atom stereocenters. The Morgan fingerprint density at radius 2 is 2.07 bits per heavy atom. The van der Waals surface area contributed by atoms with Crippen molar-refractivity contribution in [1.82, 2.24) is 4.98 Å². The molecule has 2 aliphatic heterocycles. The molecule has 3 heterocycles. The largest absolute Gasteiger partial charge is 0.497 e. The number of pyridine rings is 1. The lowest BCUT2D eigenvalue weighted by Crippen LogP contribution is -2.44. The highest BCUT2D eigenvalue weighted by Crippen LogP contribution is 2.37. The third-order valence-electron chi connectivity index (χ3n) is 5.55. The molecule has 0 bridgehead atoms. The number of hydrogen-bond acceptors (Lipinski definition) is 5. The summed E-state index contributed by atoms with van der Waals surface area (Å²) in [4.78, 5) is 20.0. The van der Waals surface area contributed by atoms with Crippen LogP contribution in [0.4, 0.5) is 11.5 Å². The third-order valence-corrected chi connectivity index (χ3v) is 5.55. The van der Waals surface area contributed by atoms with Crippen molar-refractivity contribution >= 4 is 11.5 Å². The second kappa shape index (κ2) is 7.64. The Kier molecular flexibility index (Phi) is 5.07. The number of aromatic nitrogens is 1. The smallest absolute Gasteiger partial charge is 0.251 e. The number of nitrogens with zero attached hydrogens (tertiary/aromatic N) is 2. The lowest BCUT2D eigenvalue weighted by Gasteiger charge is -2.36. The first-order valence-electron chi connectivity index (χ1n) is 9.65. The van der Waals surface area contributed by atoms with Crippen molar-refractivity contribution in [3.63, 3.8) is 0 Å². The fourth-order valence-electron chi connectivity index (χ4n) is 4.20. The fraction of sp³-hybridized carbons (Fsp3) is 0.476. The molecule has 2 saturated heterocycles. The van der Waals surface area contributed by atoms with Gasteiger partial charge in [-0.2, -0.15) is 0 Å². The Hall–Kier alpha value is -2.47. The number of nitrogens with one attached hydrogen (secondary N) is 1. The summed E-state index contributed by atoms with van der Waals surface area (Å²) in [5, 5.41) is 0. The van der Waals surface area contributed by atoms with Gasteiger partial charge >= 0.3 is 0 Å². The van der Waals surface area contributed by atoms with Crippen molar-refractivity contribution in [1.29, 1.82) is 0 Å². The Morgan fingerprint density at radius 3 is 2.89 bits per heavy atom. The number of morpholine rings is 1. The number of hydrogen-bond donors (Lipinski definition) is 1. The molecule has 1 N–H and O–H groups in total. The van der Waals surface area contributed by atoms with Gasteiger partial charge in [-0.25, -0.2) is 0 Å². The van der Waals surface area contributed by atoms with Gasteiger partial charge in [0.1, 0.15) is 11.6 Å². The Morgan fingerprint density at radius 1 is 1.19 bits per heavy atom. The first kappa shape index (κ1) is 17.9. The predicted octanol–water partition coefficient (Wildman–Crippen LogP) is 2.95. The van der Waals surface area contributed by atoms with Gasteiger partial charge in [-0.15, -0.1) is 0 Å². The average molecular weight is 369 g/mol. The minimum Gasteiger partial charge on any atom is -0.497 e. The molecule has 6 nitrogen and oxygen atoms in total. The zero-order valence-corrected chi connectivity index (χ0v) is 16.0. The number of methoxy groups -OCH3 is 1. The molecule has 0 aliphatic carbocycles. The maximum atomic E-state index is 12.4. The molecule has 0 spiro atoms. The minimum absolute atomic E-state index is 0.0579. The van der Waals surface area contributed by atoms with E-state index < -0.39 is 0 Å². The van der Waals surface area contributed by atoms with Crippen molar-refractivity contribution in [3.8, 4) is 5.75 Å². The van der Waals surface area contributed by atoms with Crippen molar-refractivity contribution in [2.75, 3.05) is 43.2 Å². The van der Waals surface area contributed by atoms with Crippen LogP contribution < -0.4 is 20.1 Å². The molecule has 2 aliphatic rings. The van der Waals surface area contributed by atoms with Crippen LogP contribution in [0.2, 0.25) is 0 Å². The Labute approximate surface area is 159 Å². The van der Waals surface area contributed by atoms with Crippen LogP contribution in [-0.2, 0) is 4.74 Å². The highest BCUT2D eigenvalue weighted by atomic mass is 16.5. The molecule has 2 aromatic rings. The van der Waals surface area contributed by atoms with Crippen LogP contribution in [-0.4, -0.2) is 44.4 Å². The fourth-order valence-corrected chi connectivity index (χ4v) is 4.20. The molecular formula is C21H27N3O3. The summed E-state index contributed by atoms with van der Waals surface area (Å²) in [5.41, 5.74) is 2.14. The van der Waals surface area contributed by atoms with E-state index in [0.717, 1.165) is 43.2 Å². The molecule has 0 radical (unpaired) electrons. The first-order chi connectivity index (χ1) is 13.2. The van der Waals surface area contributed by atoms with E-state index in [-0.39, 0.29) is 17.6 Å². The summed E-state index contributed by atoms with van der Waals surface area (Å²) < 4.78 is 10.9. The minimum atomic E-state index is -0.0579. The van der Waals surface area contributed by atoms with E-state index in [2.05, 4.69) is 39.9 Å². The Bertz CT molecular complexity index is 851. The van der Waals surface area contributed by atoms with Gasteiger partial charge in [0.15, 0.2) is 0 Å². The van der Waals surface area contributed by atoms with Crippen LogP contribution in [0.25, 0.3) is 0 Å². The van der Waals surface area contributed by atoms with E-state index in [0.29, 0.717) is 13.2 Å². The molecule has 1 aromatic carbocycles. The first-order valence-corrected chi connectivity index (χ1v) is 9.65. The molecule has 2 fully saturated rings. The number of benzene rings is 1. The van der Waals surface area contributed by atoms with Gasteiger partial charge < -0.3 is 24.3 Å². The van der Waals surface area contributed by atoms with Gasteiger partial charge in [0.05, 0.1) is 26.4 Å². The van der Waals surface area contributed by atoms with Crippen LogP contribution >= 0.6 is 0 Å². The highest BCUT2D eigenvalue weighted by molar-refractivity contribution is 5.57. The number of rotatable bonds is 4. The van der Waals surface area contributed by atoms with Crippen LogP contribution in [0.3, 0.4) is 0 Å². The lowest BCUT2D eigenvalue weighted by atomic mass is 10.0. The van der Waals surface area contributed by atoms with Gasteiger partial charge in [0.2, 0.25) is 0 Å². The van der Waals surface area contributed by atoms with Crippen molar-refractivity contribution in [3.05, 3.63) is 52.3 Å². The number of H-pyrrole nitrogens is 1. The van der Waals surface area contributed by atoms with Crippen molar-refractivity contribution in [2.45, 2.75) is 31.8 Å². The third kappa shape index (κ3) is 3.67. The summed E-state index contributed by atoms with van der Waals surface area (Å²) >= 11 is 0. The molecule has 4 rings (SSSR count). The quantitative estimate of drug-likeness (QED) is 0.898. The molecular weight excluding hydrogens is 342 g/mol. The van der Waals surface area contributed by atoms with Crippen molar-refractivity contribution in [2.24, 2.45) is 0 Å². The van der Waals surface area contributed by atoms with Crippen molar-refractivity contribution < 1.29 is 9.47 Å². The summed E-state index contributed by atoms with van der Waals surface area (Å²) in [6.45, 7) is 5.26. The van der Waals surface area contributed by atoms with Gasteiger partial charge in [0, 0.05) is 37.0 Å². The Balaban J connectivity index is 1.66. The predicted molar refractivity (Wildman–Crippen MR) is 107 cm³/mol. The number of anilines is 2. The maximum Gasteiger partial charge on any atom is 0.251 e. The zero-order chi connectivity index (χ0) is 18.8. The monoisotopic (exact) mass is 369 g/mol. The van der Waals surface area contributed by atoms with Crippen LogP contribution in [0.1, 0.15) is 31.4 Å². The van der Waals surface area contributed by atoms with E-state index in [9.17, 15) is 4.79 Å². The molecule has 144 valence electrons.